The molecule has 1 N–H and O–H groups in total. The highest BCUT2D eigenvalue weighted by molar-refractivity contribution is 6.90. The quantitative estimate of drug-likeness (QED) is 0.855. The van der Waals surface area contributed by atoms with Crippen LogP contribution in [0.4, 0.5) is 0 Å². The molecule has 0 aliphatic rings. The lowest BCUT2D eigenvalue weighted by atomic mass is 10.4. The molecule has 0 radical (unpaired) electrons. The number of furan rings is 1. The molecule has 2 rings (SSSR count). The van der Waals surface area contributed by atoms with E-state index in [1.54, 1.807) is 12.1 Å². The van der Waals surface area contributed by atoms with Gasteiger partial charge in [-0.15, -0.1) is 0 Å². The lowest BCUT2D eigenvalue weighted by molar-refractivity contribution is 0.0932. The topological polar surface area (TPSA) is 42.2 Å². The zero-order chi connectivity index (χ0) is 13.0. The summed E-state index contributed by atoms with van der Waals surface area (Å²) in [5.74, 6) is 0.226. The summed E-state index contributed by atoms with van der Waals surface area (Å²) in [6, 6.07) is 13.7. The molecule has 1 aromatic carbocycles. The second-order valence-electron chi connectivity index (χ2n) is 4.91. The Morgan fingerprint density at radius 3 is 2.50 bits per heavy atom. The molecule has 0 atom stereocenters. The van der Waals surface area contributed by atoms with Crippen molar-refractivity contribution in [1.82, 2.24) is 5.32 Å². The number of benzene rings is 1. The van der Waals surface area contributed by atoms with Gasteiger partial charge in [-0.25, -0.2) is 0 Å². The Bertz CT molecular complexity index is 506. The lowest BCUT2D eigenvalue weighted by Crippen LogP contribution is -2.51. The van der Waals surface area contributed by atoms with E-state index in [1.165, 1.54) is 11.4 Å². The van der Waals surface area contributed by atoms with Gasteiger partial charge in [-0.1, -0.05) is 48.6 Å². The SMILES string of the molecule is C[Si](C)(CNC(=O)c1ccco1)c1ccccc1. The highest BCUT2D eigenvalue weighted by Crippen LogP contribution is 2.04. The van der Waals surface area contributed by atoms with E-state index in [9.17, 15) is 4.79 Å². The molecule has 94 valence electrons. The van der Waals surface area contributed by atoms with Crippen LogP contribution in [-0.4, -0.2) is 20.1 Å². The van der Waals surface area contributed by atoms with Gasteiger partial charge in [0.05, 0.1) is 6.26 Å². The van der Waals surface area contributed by atoms with E-state index in [4.69, 9.17) is 4.42 Å². The maximum atomic E-state index is 11.8. The number of rotatable bonds is 4. The number of carbonyl (C=O) groups is 1. The molecular formula is C14H17NO2Si. The molecule has 0 spiro atoms. The Hall–Kier alpha value is -1.81. The van der Waals surface area contributed by atoms with E-state index in [1.807, 2.05) is 18.2 Å². The maximum absolute atomic E-state index is 11.8. The van der Waals surface area contributed by atoms with Gasteiger partial charge in [0.25, 0.3) is 5.91 Å². The summed E-state index contributed by atoms with van der Waals surface area (Å²) >= 11 is 0. The van der Waals surface area contributed by atoms with Crippen LogP contribution in [0.25, 0.3) is 0 Å². The molecule has 0 aliphatic heterocycles. The summed E-state index contributed by atoms with van der Waals surface area (Å²) < 4.78 is 5.07. The third kappa shape index (κ3) is 2.90. The van der Waals surface area contributed by atoms with Crippen molar-refractivity contribution in [2.45, 2.75) is 13.1 Å². The van der Waals surface area contributed by atoms with Crippen molar-refractivity contribution in [1.29, 1.82) is 0 Å². The average Bonchev–Trinajstić information content (AvgIpc) is 2.91. The Kier molecular flexibility index (Phi) is 3.67. The first kappa shape index (κ1) is 12.6. The monoisotopic (exact) mass is 259 g/mol. The molecule has 0 saturated heterocycles. The van der Waals surface area contributed by atoms with Crippen LogP contribution in [0.1, 0.15) is 10.6 Å². The predicted octanol–water partition coefficient (Wildman–Crippen LogP) is 2.16. The third-order valence-electron chi connectivity index (χ3n) is 2.99. The van der Waals surface area contributed by atoms with Crippen LogP contribution in [0.3, 0.4) is 0 Å². The lowest BCUT2D eigenvalue weighted by Gasteiger charge is -2.22. The van der Waals surface area contributed by atoms with E-state index in [-0.39, 0.29) is 5.91 Å². The van der Waals surface area contributed by atoms with Crippen molar-refractivity contribution in [3.05, 3.63) is 54.5 Å². The van der Waals surface area contributed by atoms with Crippen molar-refractivity contribution >= 4 is 19.2 Å². The van der Waals surface area contributed by atoms with E-state index >= 15 is 0 Å². The van der Waals surface area contributed by atoms with Crippen LogP contribution < -0.4 is 10.5 Å². The molecule has 0 bridgehead atoms. The predicted molar refractivity (Wildman–Crippen MR) is 74.6 cm³/mol. The molecular weight excluding hydrogens is 242 g/mol. The molecule has 1 heterocycles. The Morgan fingerprint density at radius 1 is 1.17 bits per heavy atom. The fraction of sp³-hybridized carbons (Fsp3) is 0.214. The first-order chi connectivity index (χ1) is 8.59. The molecule has 1 amide bonds. The third-order valence-corrected chi connectivity index (χ3v) is 5.95. The fourth-order valence-electron chi connectivity index (χ4n) is 1.79. The minimum absolute atomic E-state index is 0.142. The van der Waals surface area contributed by atoms with E-state index in [2.05, 4.69) is 30.5 Å². The first-order valence-electron chi connectivity index (χ1n) is 5.97. The first-order valence-corrected chi connectivity index (χ1v) is 9.17. The average molecular weight is 259 g/mol. The molecule has 0 saturated carbocycles. The van der Waals surface area contributed by atoms with Crippen LogP contribution in [-0.2, 0) is 0 Å². The maximum Gasteiger partial charge on any atom is 0.286 e. The van der Waals surface area contributed by atoms with Crippen molar-refractivity contribution in [2.24, 2.45) is 0 Å². The molecule has 2 aromatic rings. The molecule has 0 aliphatic carbocycles. The van der Waals surface area contributed by atoms with E-state index < -0.39 is 8.07 Å². The van der Waals surface area contributed by atoms with Crippen LogP contribution in [0.5, 0.6) is 0 Å². The zero-order valence-corrected chi connectivity index (χ0v) is 11.6. The van der Waals surface area contributed by atoms with E-state index in [0.29, 0.717) is 11.9 Å². The van der Waals surface area contributed by atoms with Gasteiger partial charge in [-0.3, -0.25) is 4.79 Å². The summed E-state index contributed by atoms with van der Waals surface area (Å²) in [5, 5.41) is 4.29. The van der Waals surface area contributed by atoms with Gasteiger partial charge in [-0.05, 0) is 12.1 Å². The molecule has 0 fully saturated rings. The van der Waals surface area contributed by atoms with Crippen molar-refractivity contribution in [3.8, 4) is 0 Å². The number of carbonyl (C=O) groups excluding carboxylic acids is 1. The smallest absolute Gasteiger partial charge is 0.286 e. The highest BCUT2D eigenvalue weighted by atomic mass is 28.3. The van der Waals surface area contributed by atoms with Gasteiger partial charge in [0, 0.05) is 6.17 Å². The molecule has 0 unspecified atom stereocenters. The summed E-state index contributed by atoms with van der Waals surface area (Å²) in [6.07, 6.45) is 2.21. The van der Waals surface area contributed by atoms with Crippen molar-refractivity contribution < 1.29 is 9.21 Å². The normalized spacial score (nSPS) is 11.2. The second kappa shape index (κ2) is 5.22. The summed E-state index contributed by atoms with van der Waals surface area (Å²) in [5.41, 5.74) is 0. The Morgan fingerprint density at radius 2 is 1.89 bits per heavy atom. The Balaban J connectivity index is 1.99. The Labute approximate surface area is 108 Å². The molecule has 4 heteroatoms. The number of hydrogen-bond acceptors (Lipinski definition) is 2. The van der Waals surface area contributed by atoms with Crippen molar-refractivity contribution in [2.75, 3.05) is 6.17 Å². The minimum Gasteiger partial charge on any atom is -0.459 e. The largest absolute Gasteiger partial charge is 0.459 e. The van der Waals surface area contributed by atoms with Gasteiger partial charge in [0.1, 0.15) is 8.07 Å². The van der Waals surface area contributed by atoms with Gasteiger partial charge >= 0.3 is 0 Å². The highest BCUT2D eigenvalue weighted by Gasteiger charge is 2.24. The summed E-state index contributed by atoms with van der Waals surface area (Å²) in [7, 11) is -1.63. The van der Waals surface area contributed by atoms with Gasteiger partial charge in [0.15, 0.2) is 5.76 Å². The molecule has 1 aromatic heterocycles. The van der Waals surface area contributed by atoms with Gasteiger partial charge in [-0.2, -0.15) is 0 Å². The van der Waals surface area contributed by atoms with Crippen LogP contribution >= 0.6 is 0 Å². The van der Waals surface area contributed by atoms with Crippen LogP contribution in [0, 0.1) is 0 Å². The van der Waals surface area contributed by atoms with Gasteiger partial charge in [0.2, 0.25) is 0 Å². The fourth-order valence-corrected chi connectivity index (χ4v) is 3.69. The van der Waals surface area contributed by atoms with Crippen LogP contribution in [0.2, 0.25) is 13.1 Å². The van der Waals surface area contributed by atoms with Gasteiger partial charge < -0.3 is 9.73 Å². The zero-order valence-electron chi connectivity index (χ0n) is 10.6. The van der Waals surface area contributed by atoms with Crippen molar-refractivity contribution in [3.63, 3.8) is 0 Å². The standard InChI is InChI=1S/C14H17NO2Si/c1-18(2,12-7-4-3-5-8-12)11-15-14(16)13-9-6-10-17-13/h3-10H,11H2,1-2H3,(H,15,16). The number of hydrogen-bond donors (Lipinski definition) is 1. The number of amides is 1. The summed E-state index contributed by atoms with van der Waals surface area (Å²) in [6.45, 7) is 4.48. The number of nitrogens with one attached hydrogen (secondary N) is 1. The summed E-state index contributed by atoms with van der Waals surface area (Å²) in [4.78, 5) is 11.8. The molecule has 18 heavy (non-hydrogen) atoms. The van der Waals surface area contributed by atoms with E-state index in [0.717, 1.165) is 0 Å². The molecule has 3 nitrogen and oxygen atoms in total. The second-order valence-corrected chi connectivity index (χ2v) is 9.61. The van der Waals surface area contributed by atoms with Crippen LogP contribution in [0.15, 0.2) is 53.1 Å². The minimum atomic E-state index is -1.63.